The van der Waals surface area contributed by atoms with E-state index in [-0.39, 0.29) is 28.6 Å². The zero-order valence-corrected chi connectivity index (χ0v) is 20.1. The standard InChI is InChI=1S/C24H17BrClN3O5/c1-33-22-12-16(10-17(13-27)24(30)28-19-6-4-18(25)5-7-19)11-21(26)23(22)34-14-15-2-8-20(9-3-15)29(31)32/h2-12H,14H2,1H3,(H,28,30)/b17-10-. The summed E-state index contributed by atoms with van der Waals surface area (Å²) in [4.78, 5) is 22.8. The van der Waals surface area contributed by atoms with Gasteiger partial charge in [-0.2, -0.15) is 5.26 Å². The molecule has 8 nitrogen and oxygen atoms in total. The molecule has 0 aliphatic heterocycles. The largest absolute Gasteiger partial charge is 0.493 e. The van der Waals surface area contributed by atoms with Crippen molar-refractivity contribution < 1.29 is 19.2 Å². The molecule has 3 aromatic rings. The molecule has 0 aliphatic rings. The lowest BCUT2D eigenvalue weighted by molar-refractivity contribution is -0.384. The van der Waals surface area contributed by atoms with Crippen LogP contribution in [0.15, 0.2) is 70.7 Å². The fourth-order valence-electron chi connectivity index (χ4n) is 2.88. The molecule has 0 saturated heterocycles. The van der Waals surface area contributed by atoms with Crippen molar-refractivity contribution in [3.8, 4) is 17.6 Å². The van der Waals surface area contributed by atoms with Gasteiger partial charge in [0, 0.05) is 22.3 Å². The van der Waals surface area contributed by atoms with Crippen LogP contribution in [-0.2, 0) is 11.4 Å². The summed E-state index contributed by atoms with van der Waals surface area (Å²) < 4.78 is 12.0. The van der Waals surface area contributed by atoms with Crippen LogP contribution < -0.4 is 14.8 Å². The van der Waals surface area contributed by atoms with Gasteiger partial charge in [0.1, 0.15) is 18.2 Å². The predicted octanol–water partition coefficient (Wildman–Crippen LogP) is 6.14. The van der Waals surface area contributed by atoms with Crippen molar-refractivity contribution >= 4 is 50.9 Å². The molecule has 0 spiro atoms. The molecule has 1 N–H and O–H groups in total. The minimum Gasteiger partial charge on any atom is -0.493 e. The Balaban J connectivity index is 1.78. The Labute approximate surface area is 208 Å². The number of amides is 1. The molecule has 0 fully saturated rings. The third kappa shape index (κ3) is 6.34. The van der Waals surface area contributed by atoms with E-state index in [1.54, 1.807) is 48.5 Å². The Kier molecular flexibility index (Phi) is 8.24. The van der Waals surface area contributed by atoms with Crippen LogP contribution in [0.2, 0.25) is 5.02 Å². The van der Waals surface area contributed by atoms with Gasteiger partial charge in [-0.1, -0.05) is 27.5 Å². The zero-order chi connectivity index (χ0) is 24.7. The number of nitrogens with zero attached hydrogens (tertiary/aromatic N) is 2. The molecule has 0 heterocycles. The molecule has 0 bridgehead atoms. The van der Waals surface area contributed by atoms with Crippen LogP contribution >= 0.6 is 27.5 Å². The van der Waals surface area contributed by atoms with Crippen LogP contribution in [0.25, 0.3) is 6.08 Å². The number of carbonyl (C=O) groups is 1. The van der Waals surface area contributed by atoms with Gasteiger partial charge in [0.2, 0.25) is 0 Å². The minimum atomic E-state index is -0.571. The number of hydrogen-bond donors (Lipinski definition) is 1. The van der Waals surface area contributed by atoms with Gasteiger partial charge in [-0.3, -0.25) is 14.9 Å². The summed E-state index contributed by atoms with van der Waals surface area (Å²) in [6.45, 7) is 0.0995. The van der Waals surface area contributed by atoms with E-state index < -0.39 is 10.8 Å². The molecule has 0 atom stereocenters. The average Bonchev–Trinajstić information content (AvgIpc) is 2.83. The van der Waals surface area contributed by atoms with Crippen molar-refractivity contribution in [3.05, 3.63) is 97.0 Å². The lowest BCUT2D eigenvalue weighted by Gasteiger charge is -2.13. The first-order valence-corrected chi connectivity index (χ1v) is 10.9. The van der Waals surface area contributed by atoms with Gasteiger partial charge in [-0.15, -0.1) is 0 Å². The first kappa shape index (κ1) is 24.8. The Morgan fingerprint density at radius 3 is 2.47 bits per heavy atom. The number of halogens is 2. The van der Waals surface area contributed by atoms with E-state index in [1.165, 1.54) is 25.3 Å². The van der Waals surface area contributed by atoms with E-state index in [4.69, 9.17) is 21.1 Å². The molecule has 172 valence electrons. The van der Waals surface area contributed by atoms with Crippen molar-refractivity contribution in [2.45, 2.75) is 6.61 Å². The van der Waals surface area contributed by atoms with E-state index in [1.807, 2.05) is 6.07 Å². The van der Waals surface area contributed by atoms with Crippen LogP contribution in [0.4, 0.5) is 11.4 Å². The van der Waals surface area contributed by atoms with E-state index in [9.17, 15) is 20.2 Å². The fraction of sp³-hybridized carbons (Fsp3) is 0.0833. The Hall–Kier alpha value is -3.87. The molecule has 0 aromatic heterocycles. The summed E-state index contributed by atoms with van der Waals surface area (Å²) in [6, 6.07) is 17.9. The number of methoxy groups -OCH3 is 1. The third-order valence-electron chi connectivity index (χ3n) is 4.56. The maximum Gasteiger partial charge on any atom is 0.269 e. The second kappa shape index (κ2) is 11.3. The fourth-order valence-corrected chi connectivity index (χ4v) is 3.42. The van der Waals surface area contributed by atoms with Crippen LogP contribution in [-0.4, -0.2) is 17.9 Å². The van der Waals surface area contributed by atoms with E-state index >= 15 is 0 Å². The molecule has 1 amide bonds. The summed E-state index contributed by atoms with van der Waals surface area (Å²) in [5.74, 6) is -0.0119. The van der Waals surface area contributed by atoms with Gasteiger partial charge < -0.3 is 14.8 Å². The highest BCUT2D eigenvalue weighted by Gasteiger charge is 2.15. The monoisotopic (exact) mass is 541 g/mol. The predicted molar refractivity (Wildman–Crippen MR) is 132 cm³/mol. The third-order valence-corrected chi connectivity index (χ3v) is 5.37. The lowest BCUT2D eigenvalue weighted by Crippen LogP contribution is -2.13. The Bertz CT molecular complexity index is 1290. The minimum absolute atomic E-state index is 0.0204. The summed E-state index contributed by atoms with van der Waals surface area (Å²) in [7, 11) is 1.43. The van der Waals surface area contributed by atoms with Crippen LogP contribution in [0.5, 0.6) is 11.5 Å². The Morgan fingerprint density at radius 1 is 1.21 bits per heavy atom. The zero-order valence-electron chi connectivity index (χ0n) is 17.7. The molecule has 34 heavy (non-hydrogen) atoms. The molecule has 0 radical (unpaired) electrons. The topological polar surface area (TPSA) is 114 Å². The van der Waals surface area contributed by atoms with Crippen molar-refractivity contribution in [1.29, 1.82) is 5.26 Å². The number of nitriles is 1. The van der Waals surface area contributed by atoms with E-state index in [0.717, 1.165) is 4.47 Å². The smallest absolute Gasteiger partial charge is 0.269 e. The maximum atomic E-state index is 12.5. The molecule has 0 saturated carbocycles. The molecule has 0 aliphatic carbocycles. The Morgan fingerprint density at radius 2 is 1.88 bits per heavy atom. The van der Waals surface area contributed by atoms with E-state index in [0.29, 0.717) is 22.6 Å². The van der Waals surface area contributed by atoms with E-state index in [2.05, 4.69) is 21.2 Å². The van der Waals surface area contributed by atoms with Gasteiger partial charge in [-0.05, 0) is 65.7 Å². The molecule has 3 rings (SSSR count). The molecular formula is C24H17BrClN3O5. The average molecular weight is 543 g/mol. The normalized spacial score (nSPS) is 10.8. The van der Waals surface area contributed by atoms with Crippen molar-refractivity contribution in [2.24, 2.45) is 0 Å². The van der Waals surface area contributed by atoms with Gasteiger partial charge in [0.05, 0.1) is 17.1 Å². The van der Waals surface area contributed by atoms with Gasteiger partial charge in [0.15, 0.2) is 11.5 Å². The second-order valence-electron chi connectivity index (χ2n) is 6.88. The highest BCUT2D eigenvalue weighted by atomic mass is 79.9. The number of anilines is 1. The molecular weight excluding hydrogens is 526 g/mol. The molecule has 0 unspecified atom stereocenters. The number of nitro groups is 1. The van der Waals surface area contributed by atoms with Crippen molar-refractivity contribution in [3.63, 3.8) is 0 Å². The number of nitrogens with one attached hydrogen (secondary N) is 1. The first-order chi connectivity index (χ1) is 16.3. The first-order valence-electron chi connectivity index (χ1n) is 9.73. The summed E-state index contributed by atoms with van der Waals surface area (Å²) in [5, 5.41) is 23.1. The SMILES string of the molecule is COc1cc(/C=C(/C#N)C(=O)Nc2ccc(Br)cc2)cc(Cl)c1OCc1ccc([N+](=O)[O-])cc1. The maximum absolute atomic E-state index is 12.5. The summed E-state index contributed by atoms with van der Waals surface area (Å²) in [6.07, 6.45) is 1.39. The number of non-ortho nitro benzene ring substituents is 1. The summed E-state index contributed by atoms with van der Waals surface area (Å²) >= 11 is 9.71. The van der Waals surface area contributed by atoms with Crippen LogP contribution in [0.1, 0.15) is 11.1 Å². The molecule has 10 heteroatoms. The van der Waals surface area contributed by atoms with Gasteiger partial charge >= 0.3 is 0 Å². The highest BCUT2D eigenvalue weighted by molar-refractivity contribution is 9.10. The number of nitro benzene ring substituents is 1. The number of ether oxygens (including phenoxy) is 2. The van der Waals surface area contributed by atoms with Gasteiger partial charge in [-0.25, -0.2) is 0 Å². The lowest BCUT2D eigenvalue weighted by atomic mass is 10.1. The summed E-state index contributed by atoms with van der Waals surface area (Å²) in [5.41, 5.74) is 1.56. The number of hydrogen-bond acceptors (Lipinski definition) is 6. The molecule has 3 aromatic carbocycles. The highest BCUT2D eigenvalue weighted by Crippen LogP contribution is 2.37. The van der Waals surface area contributed by atoms with Crippen molar-refractivity contribution in [2.75, 3.05) is 12.4 Å². The number of benzene rings is 3. The van der Waals surface area contributed by atoms with Crippen LogP contribution in [0, 0.1) is 21.4 Å². The van der Waals surface area contributed by atoms with Crippen molar-refractivity contribution in [1.82, 2.24) is 0 Å². The second-order valence-corrected chi connectivity index (χ2v) is 8.20. The number of rotatable bonds is 8. The quantitative estimate of drug-likeness (QED) is 0.158. The van der Waals surface area contributed by atoms with Crippen LogP contribution in [0.3, 0.4) is 0 Å². The van der Waals surface area contributed by atoms with Gasteiger partial charge in [0.25, 0.3) is 11.6 Å². The number of carbonyl (C=O) groups excluding carboxylic acids is 1.